The fourth-order valence-corrected chi connectivity index (χ4v) is 6.06. The van der Waals surface area contributed by atoms with E-state index in [0.717, 1.165) is 25.4 Å². The minimum absolute atomic E-state index is 0.0926. The average molecular weight is 475 g/mol. The topological polar surface area (TPSA) is 65.7 Å². The van der Waals surface area contributed by atoms with E-state index >= 15 is 0 Å². The van der Waals surface area contributed by atoms with Crippen LogP contribution >= 0.6 is 0 Å². The third kappa shape index (κ3) is 19.5. The van der Waals surface area contributed by atoms with Crippen LogP contribution in [-0.4, -0.2) is 42.8 Å². The second kappa shape index (κ2) is 24.2. The van der Waals surface area contributed by atoms with Gasteiger partial charge in [-0.15, -0.1) is 0 Å². The van der Waals surface area contributed by atoms with E-state index in [4.69, 9.17) is 19.0 Å². The number of unbranched alkanes of at least 4 members (excludes halogenated alkanes) is 16. The van der Waals surface area contributed by atoms with Crippen molar-refractivity contribution in [3.05, 3.63) is 0 Å². The Labute approximate surface area is 202 Å². The Kier molecular flexibility index (Phi) is 24.2. The SMILES string of the molecule is CCCCCCCCCCCCCCCCCCCC(N)NCCC[Si](OC)(OC)OC. The zero-order valence-electron chi connectivity index (χ0n) is 22.2. The summed E-state index contributed by atoms with van der Waals surface area (Å²) in [5.74, 6) is 0. The van der Waals surface area contributed by atoms with Gasteiger partial charge in [0.15, 0.2) is 0 Å². The monoisotopic (exact) mass is 474 g/mol. The third-order valence-electron chi connectivity index (χ3n) is 6.62. The summed E-state index contributed by atoms with van der Waals surface area (Å²) in [6.45, 7) is 3.17. The highest BCUT2D eigenvalue weighted by Gasteiger charge is 2.36. The molecule has 0 spiro atoms. The zero-order valence-corrected chi connectivity index (χ0v) is 23.2. The van der Waals surface area contributed by atoms with Gasteiger partial charge in [0.1, 0.15) is 0 Å². The third-order valence-corrected chi connectivity index (χ3v) is 9.45. The van der Waals surface area contributed by atoms with Gasteiger partial charge in [-0.2, -0.15) is 0 Å². The Morgan fingerprint density at radius 1 is 0.594 bits per heavy atom. The van der Waals surface area contributed by atoms with Gasteiger partial charge in [-0.25, -0.2) is 0 Å². The normalized spacial score (nSPS) is 13.0. The fourth-order valence-electron chi connectivity index (χ4n) is 4.34. The first-order valence-electron chi connectivity index (χ1n) is 13.8. The number of hydrogen-bond acceptors (Lipinski definition) is 5. The van der Waals surface area contributed by atoms with Gasteiger partial charge in [0.25, 0.3) is 0 Å². The Balaban J connectivity index is 3.30. The van der Waals surface area contributed by atoms with Crippen molar-refractivity contribution in [2.24, 2.45) is 5.73 Å². The second-order valence-corrected chi connectivity index (χ2v) is 12.5. The molecular formula is C26H58N2O3Si. The molecule has 5 nitrogen and oxygen atoms in total. The lowest BCUT2D eigenvalue weighted by Crippen LogP contribution is -2.44. The quantitative estimate of drug-likeness (QED) is 0.0790. The molecule has 0 aliphatic rings. The molecule has 0 heterocycles. The van der Waals surface area contributed by atoms with E-state index in [2.05, 4.69) is 12.2 Å². The molecule has 0 saturated heterocycles. The molecule has 0 aliphatic carbocycles. The van der Waals surface area contributed by atoms with Crippen LogP contribution in [0.25, 0.3) is 0 Å². The molecule has 0 aromatic rings. The highest BCUT2D eigenvalue weighted by molar-refractivity contribution is 6.60. The zero-order chi connectivity index (χ0) is 23.8. The molecular weight excluding hydrogens is 416 g/mol. The van der Waals surface area contributed by atoms with Crippen LogP contribution in [0.5, 0.6) is 0 Å². The smallest absolute Gasteiger partial charge is 0.377 e. The van der Waals surface area contributed by atoms with Crippen LogP contribution in [0.1, 0.15) is 129 Å². The maximum absolute atomic E-state index is 6.19. The van der Waals surface area contributed by atoms with Crippen LogP contribution in [0.3, 0.4) is 0 Å². The van der Waals surface area contributed by atoms with Crippen molar-refractivity contribution in [2.45, 2.75) is 141 Å². The van der Waals surface area contributed by atoms with E-state index < -0.39 is 8.80 Å². The lowest BCUT2D eigenvalue weighted by Gasteiger charge is -2.24. The predicted octanol–water partition coefficient (Wildman–Crippen LogP) is 7.17. The Morgan fingerprint density at radius 3 is 1.34 bits per heavy atom. The number of nitrogens with two attached hydrogens (primary N) is 1. The summed E-state index contributed by atoms with van der Waals surface area (Å²) in [6.07, 6.45) is 26.0. The summed E-state index contributed by atoms with van der Waals surface area (Å²) in [5, 5.41) is 3.42. The molecule has 0 rings (SSSR count). The van der Waals surface area contributed by atoms with E-state index in [1.165, 1.54) is 109 Å². The summed E-state index contributed by atoms with van der Waals surface area (Å²) in [5.41, 5.74) is 6.19. The van der Waals surface area contributed by atoms with Crippen molar-refractivity contribution in [1.29, 1.82) is 0 Å². The summed E-state index contributed by atoms with van der Waals surface area (Å²) in [4.78, 5) is 0. The molecule has 0 fully saturated rings. The van der Waals surface area contributed by atoms with Crippen LogP contribution in [0.2, 0.25) is 6.04 Å². The van der Waals surface area contributed by atoms with Gasteiger partial charge >= 0.3 is 8.80 Å². The highest BCUT2D eigenvalue weighted by Crippen LogP contribution is 2.15. The van der Waals surface area contributed by atoms with Crippen LogP contribution in [0, 0.1) is 0 Å². The van der Waals surface area contributed by atoms with E-state index in [1.807, 2.05) is 0 Å². The van der Waals surface area contributed by atoms with Crippen LogP contribution in [0.4, 0.5) is 0 Å². The van der Waals surface area contributed by atoms with E-state index in [1.54, 1.807) is 21.3 Å². The van der Waals surface area contributed by atoms with Crippen molar-refractivity contribution in [3.8, 4) is 0 Å². The van der Waals surface area contributed by atoms with Crippen LogP contribution in [0.15, 0.2) is 0 Å². The molecule has 194 valence electrons. The maximum atomic E-state index is 6.19. The van der Waals surface area contributed by atoms with Crippen LogP contribution < -0.4 is 11.1 Å². The second-order valence-electron chi connectivity index (χ2n) is 9.41. The van der Waals surface area contributed by atoms with Gasteiger partial charge < -0.3 is 24.3 Å². The molecule has 3 N–H and O–H groups in total. The Morgan fingerprint density at radius 2 is 0.969 bits per heavy atom. The summed E-state index contributed by atoms with van der Waals surface area (Å²) >= 11 is 0. The number of rotatable bonds is 26. The van der Waals surface area contributed by atoms with Gasteiger partial charge in [-0.1, -0.05) is 116 Å². The maximum Gasteiger partial charge on any atom is 0.500 e. The van der Waals surface area contributed by atoms with Crippen molar-refractivity contribution in [1.82, 2.24) is 5.32 Å². The number of hydrogen-bond donors (Lipinski definition) is 2. The molecule has 32 heavy (non-hydrogen) atoms. The molecule has 1 unspecified atom stereocenters. The standard InChI is InChI=1S/C26H58N2O3Si/c1-5-6-7-8-9-10-11-12-13-14-15-16-17-18-19-20-21-23-26(27)28-24-22-25-32(29-2,30-3)31-4/h26,28H,5-25,27H2,1-4H3. The Bertz CT molecular complexity index is 363. The molecule has 0 aromatic carbocycles. The molecule has 0 amide bonds. The lowest BCUT2D eigenvalue weighted by atomic mass is 10.0. The molecule has 1 atom stereocenters. The average Bonchev–Trinajstić information content (AvgIpc) is 2.81. The van der Waals surface area contributed by atoms with E-state index in [0.29, 0.717) is 0 Å². The van der Waals surface area contributed by atoms with E-state index in [-0.39, 0.29) is 6.17 Å². The summed E-state index contributed by atoms with van der Waals surface area (Å²) in [7, 11) is 2.55. The number of nitrogens with one attached hydrogen (secondary N) is 1. The fraction of sp³-hybridized carbons (Fsp3) is 1.00. The van der Waals surface area contributed by atoms with E-state index in [9.17, 15) is 0 Å². The predicted molar refractivity (Wildman–Crippen MR) is 141 cm³/mol. The van der Waals surface area contributed by atoms with Crippen molar-refractivity contribution < 1.29 is 13.3 Å². The Hall–Kier alpha value is 0.0169. The first-order valence-corrected chi connectivity index (χ1v) is 15.7. The molecule has 0 radical (unpaired) electrons. The van der Waals surface area contributed by atoms with Crippen molar-refractivity contribution in [3.63, 3.8) is 0 Å². The first-order chi connectivity index (χ1) is 15.6. The summed E-state index contributed by atoms with van der Waals surface area (Å²) in [6, 6.07) is 0.815. The van der Waals surface area contributed by atoms with Crippen molar-refractivity contribution >= 4 is 8.80 Å². The molecule has 0 saturated carbocycles. The van der Waals surface area contributed by atoms with Crippen LogP contribution in [-0.2, 0) is 13.3 Å². The molecule has 0 aliphatic heterocycles. The minimum atomic E-state index is -2.44. The van der Waals surface area contributed by atoms with Gasteiger partial charge in [0.2, 0.25) is 0 Å². The van der Waals surface area contributed by atoms with Gasteiger partial charge in [-0.05, 0) is 19.4 Å². The van der Waals surface area contributed by atoms with Crippen molar-refractivity contribution in [2.75, 3.05) is 27.9 Å². The highest BCUT2D eigenvalue weighted by atomic mass is 28.4. The summed E-state index contributed by atoms with van der Waals surface area (Å²) < 4.78 is 16.3. The molecule has 0 bridgehead atoms. The molecule has 6 heteroatoms. The first kappa shape index (κ1) is 32.0. The van der Waals surface area contributed by atoms with Gasteiger partial charge in [-0.3, -0.25) is 0 Å². The van der Waals surface area contributed by atoms with Gasteiger partial charge in [0.05, 0.1) is 6.17 Å². The minimum Gasteiger partial charge on any atom is -0.377 e. The largest absolute Gasteiger partial charge is 0.500 e. The van der Waals surface area contributed by atoms with Gasteiger partial charge in [0, 0.05) is 27.4 Å². The lowest BCUT2D eigenvalue weighted by molar-refractivity contribution is 0.123. The molecule has 0 aromatic heterocycles.